The fourth-order valence-electron chi connectivity index (χ4n) is 1.26. The van der Waals surface area contributed by atoms with Crippen LogP contribution in [0.5, 0.6) is 0 Å². The molecule has 0 N–H and O–H groups in total. The highest BCUT2D eigenvalue weighted by Crippen LogP contribution is 2.27. The van der Waals surface area contributed by atoms with Crippen molar-refractivity contribution in [3.63, 3.8) is 0 Å². The summed E-state index contributed by atoms with van der Waals surface area (Å²) in [5.74, 6) is -7.43. The first kappa shape index (κ1) is 15.1. The molecule has 0 aliphatic carbocycles. The number of carbonyl (C=O) groups excluding carboxylic acids is 2. The Morgan fingerprint density at radius 2 is 1.63 bits per heavy atom. The summed E-state index contributed by atoms with van der Waals surface area (Å²) < 4.78 is 54.3. The number of Topliss-reactive ketones (excluding diaryl/α,β-unsaturated/α-hetero) is 1. The van der Waals surface area contributed by atoms with E-state index in [2.05, 4.69) is 4.74 Å². The first-order valence-electron chi connectivity index (χ1n) is 5.28. The van der Waals surface area contributed by atoms with Gasteiger partial charge in [0.1, 0.15) is 0 Å². The molecule has 0 saturated carbocycles. The third kappa shape index (κ3) is 3.30. The summed E-state index contributed by atoms with van der Waals surface area (Å²) in [6.45, 7) is 1.71. The predicted octanol–water partition coefficient (Wildman–Crippen LogP) is 2.95. The van der Waals surface area contributed by atoms with Crippen LogP contribution in [0.4, 0.5) is 17.6 Å². The first-order valence-corrected chi connectivity index (χ1v) is 5.28. The molecule has 19 heavy (non-hydrogen) atoms. The van der Waals surface area contributed by atoms with Gasteiger partial charge in [0, 0.05) is 5.56 Å². The van der Waals surface area contributed by atoms with E-state index in [0.717, 1.165) is 24.3 Å². The molecule has 0 aliphatic rings. The second-order valence-electron chi connectivity index (χ2n) is 3.55. The lowest BCUT2D eigenvalue weighted by molar-refractivity contribution is -0.0958. The molecule has 0 fully saturated rings. The highest BCUT2D eigenvalue weighted by molar-refractivity contribution is 6.02. The van der Waals surface area contributed by atoms with Gasteiger partial charge in [0.15, 0.2) is 0 Å². The highest BCUT2D eigenvalue weighted by atomic mass is 19.3. The Morgan fingerprint density at radius 3 is 2.05 bits per heavy atom. The van der Waals surface area contributed by atoms with Gasteiger partial charge in [-0.05, 0) is 19.1 Å². The van der Waals surface area contributed by atoms with Crippen molar-refractivity contribution in [2.75, 3.05) is 6.61 Å². The zero-order valence-corrected chi connectivity index (χ0v) is 9.83. The van der Waals surface area contributed by atoms with Crippen molar-refractivity contribution in [3.05, 3.63) is 35.4 Å². The lowest BCUT2D eigenvalue weighted by atomic mass is 10.0. The molecule has 0 aromatic heterocycles. The number of halogens is 4. The SMILES string of the molecule is CCOC(=O)c1ccc(C(=O)C(F)(F)C(F)F)cc1. The molecule has 0 unspecified atom stereocenters. The van der Waals surface area contributed by atoms with E-state index < -0.39 is 29.7 Å². The van der Waals surface area contributed by atoms with E-state index in [-0.39, 0.29) is 12.2 Å². The molecule has 1 rings (SSSR count). The van der Waals surface area contributed by atoms with E-state index >= 15 is 0 Å². The zero-order valence-electron chi connectivity index (χ0n) is 9.83. The van der Waals surface area contributed by atoms with Crippen molar-refractivity contribution in [3.8, 4) is 0 Å². The lowest BCUT2D eigenvalue weighted by Gasteiger charge is -2.13. The van der Waals surface area contributed by atoms with Crippen molar-refractivity contribution < 1.29 is 31.9 Å². The number of hydrogen-bond acceptors (Lipinski definition) is 3. The number of hydrogen-bond donors (Lipinski definition) is 0. The van der Waals surface area contributed by atoms with Gasteiger partial charge >= 0.3 is 18.3 Å². The van der Waals surface area contributed by atoms with Crippen LogP contribution >= 0.6 is 0 Å². The maximum Gasteiger partial charge on any atom is 0.368 e. The largest absolute Gasteiger partial charge is 0.462 e. The van der Waals surface area contributed by atoms with Crippen LogP contribution in [0, 0.1) is 0 Å². The Bertz CT molecular complexity index is 468. The Labute approximate surface area is 106 Å². The second-order valence-corrected chi connectivity index (χ2v) is 3.55. The van der Waals surface area contributed by atoms with Gasteiger partial charge in [-0.1, -0.05) is 12.1 Å². The van der Waals surface area contributed by atoms with Crippen LogP contribution in [-0.4, -0.2) is 30.7 Å². The fraction of sp³-hybridized carbons (Fsp3) is 0.333. The van der Waals surface area contributed by atoms with Crippen LogP contribution < -0.4 is 0 Å². The molecule has 0 radical (unpaired) electrons. The van der Waals surface area contributed by atoms with Crippen LogP contribution in [0.25, 0.3) is 0 Å². The van der Waals surface area contributed by atoms with Gasteiger partial charge in [-0.2, -0.15) is 8.78 Å². The van der Waals surface area contributed by atoms with Crippen LogP contribution in [0.2, 0.25) is 0 Å². The minimum absolute atomic E-state index is 0.0405. The molecule has 1 aromatic rings. The molecular formula is C12H10F4O3. The lowest BCUT2D eigenvalue weighted by Crippen LogP contribution is -2.36. The number of carbonyl (C=O) groups is 2. The minimum atomic E-state index is -4.74. The number of ketones is 1. The normalized spacial score (nSPS) is 11.5. The van der Waals surface area contributed by atoms with Crippen LogP contribution in [-0.2, 0) is 4.74 Å². The third-order valence-corrected chi connectivity index (χ3v) is 2.24. The summed E-state index contributed by atoms with van der Waals surface area (Å²) in [5.41, 5.74) is -0.558. The quantitative estimate of drug-likeness (QED) is 0.472. The van der Waals surface area contributed by atoms with Crippen molar-refractivity contribution in [2.24, 2.45) is 0 Å². The Hall–Kier alpha value is -1.92. The maximum atomic E-state index is 12.8. The van der Waals surface area contributed by atoms with Crippen molar-refractivity contribution in [2.45, 2.75) is 19.3 Å². The summed E-state index contributed by atoms with van der Waals surface area (Å²) >= 11 is 0. The Kier molecular flexibility index (Phi) is 4.63. The average Bonchev–Trinajstić information content (AvgIpc) is 2.38. The van der Waals surface area contributed by atoms with E-state index in [1.807, 2.05) is 0 Å². The molecule has 0 spiro atoms. The molecule has 0 saturated heterocycles. The molecule has 7 heteroatoms. The topological polar surface area (TPSA) is 43.4 Å². The van der Waals surface area contributed by atoms with Crippen LogP contribution in [0.3, 0.4) is 0 Å². The summed E-state index contributed by atoms with van der Waals surface area (Å²) in [7, 11) is 0. The molecule has 0 amide bonds. The van der Waals surface area contributed by atoms with E-state index in [0.29, 0.717) is 0 Å². The molecule has 3 nitrogen and oxygen atoms in total. The maximum absolute atomic E-state index is 12.8. The smallest absolute Gasteiger partial charge is 0.368 e. The summed E-state index contributed by atoms with van der Waals surface area (Å²) in [6.07, 6.45) is -4.08. The predicted molar refractivity (Wildman–Crippen MR) is 57.7 cm³/mol. The molecular weight excluding hydrogens is 268 g/mol. The summed E-state index contributed by atoms with van der Waals surface area (Å²) in [6, 6.07) is 3.88. The van der Waals surface area contributed by atoms with Gasteiger partial charge in [0.25, 0.3) is 0 Å². The van der Waals surface area contributed by atoms with Crippen molar-refractivity contribution in [1.82, 2.24) is 0 Å². The van der Waals surface area contributed by atoms with Gasteiger partial charge in [0.05, 0.1) is 12.2 Å². The van der Waals surface area contributed by atoms with Gasteiger partial charge in [-0.15, -0.1) is 0 Å². The third-order valence-electron chi connectivity index (χ3n) is 2.24. The molecule has 0 bridgehead atoms. The van der Waals surface area contributed by atoms with E-state index in [1.54, 1.807) is 6.92 Å². The van der Waals surface area contributed by atoms with Crippen molar-refractivity contribution >= 4 is 11.8 Å². The number of benzene rings is 1. The van der Waals surface area contributed by atoms with Gasteiger partial charge in [0.2, 0.25) is 5.78 Å². The Morgan fingerprint density at radius 1 is 1.16 bits per heavy atom. The van der Waals surface area contributed by atoms with Crippen LogP contribution in [0.15, 0.2) is 24.3 Å². The van der Waals surface area contributed by atoms with Gasteiger partial charge in [-0.3, -0.25) is 4.79 Å². The zero-order chi connectivity index (χ0) is 14.6. The number of esters is 1. The molecule has 0 heterocycles. The van der Waals surface area contributed by atoms with E-state index in [1.165, 1.54) is 0 Å². The minimum Gasteiger partial charge on any atom is -0.462 e. The first-order chi connectivity index (χ1) is 8.80. The molecule has 104 valence electrons. The molecule has 1 aromatic carbocycles. The number of rotatable bonds is 5. The number of ether oxygens (including phenoxy) is 1. The summed E-state index contributed by atoms with van der Waals surface area (Å²) in [4.78, 5) is 22.4. The highest BCUT2D eigenvalue weighted by Gasteiger charge is 2.48. The average molecular weight is 278 g/mol. The number of alkyl halides is 4. The summed E-state index contributed by atoms with van der Waals surface area (Å²) in [5, 5.41) is 0. The monoisotopic (exact) mass is 278 g/mol. The molecule has 0 atom stereocenters. The van der Waals surface area contributed by atoms with E-state index in [4.69, 9.17) is 0 Å². The second kappa shape index (κ2) is 5.81. The Balaban J connectivity index is 2.94. The standard InChI is InChI=1S/C12H10F4O3/c1-2-19-10(18)8-5-3-7(4-6-8)9(17)12(15,16)11(13)14/h3-6,11H,2H2,1H3. The van der Waals surface area contributed by atoms with Crippen LogP contribution in [0.1, 0.15) is 27.6 Å². The van der Waals surface area contributed by atoms with Crippen molar-refractivity contribution in [1.29, 1.82) is 0 Å². The van der Waals surface area contributed by atoms with E-state index in [9.17, 15) is 27.2 Å². The van der Waals surface area contributed by atoms with Gasteiger partial charge in [-0.25, -0.2) is 13.6 Å². The van der Waals surface area contributed by atoms with Gasteiger partial charge < -0.3 is 4.74 Å². The molecule has 0 aliphatic heterocycles. The fourth-order valence-corrected chi connectivity index (χ4v) is 1.26.